The summed E-state index contributed by atoms with van der Waals surface area (Å²) in [5, 5.41) is 8.54. The van der Waals surface area contributed by atoms with E-state index in [0.717, 1.165) is 22.4 Å². The number of nitrogens with zero attached hydrogens (tertiary/aromatic N) is 4. The summed E-state index contributed by atoms with van der Waals surface area (Å²) in [6.45, 7) is 8.20. The van der Waals surface area contributed by atoms with E-state index in [0.29, 0.717) is 35.5 Å². The van der Waals surface area contributed by atoms with Crippen LogP contribution in [-0.2, 0) is 20.0 Å². The van der Waals surface area contributed by atoms with E-state index in [1.807, 2.05) is 39.8 Å². The molecule has 0 spiro atoms. The van der Waals surface area contributed by atoms with Gasteiger partial charge in [-0.3, -0.25) is 14.3 Å². The molecule has 4 rings (SSSR count). The van der Waals surface area contributed by atoms with Gasteiger partial charge in [0, 0.05) is 30.4 Å². The minimum absolute atomic E-state index is 0.121. The molecule has 3 aromatic rings. The predicted molar refractivity (Wildman–Crippen MR) is 122 cm³/mol. The number of hydrogen-bond donors (Lipinski definition) is 1. The first-order valence-electron chi connectivity index (χ1n) is 10.5. The van der Waals surface area contributed by atoms with Crippen molar-refractivity contribution in [1.29, 1.82) is 0 Å². The minimum Gasteiger partial charge on any atom is -0.489 e. The van der Waals surface area contributed by atoms with Crippen LogP contribution >= 0.6 is 11.6 Å². The Kier molecular flexibility index (Phi) is 5.81. The number of carbonyl (C=O) groups excluding carboxylic acids is 1. The Labute approximate surface area is 191 Å². The number of fused-ring (bicyclic) bond motifs is 1. The Bertz CT molecular complexity index is 1260. The Morgan fingerprint density at radius 1 is 1.25 bits per heavy atom. The summed E-state index contributed by atoms with van der Waals surface area (Å²) >= 11 is 6.70. The quantitative estimate of drug-likeness (QED) is 0.636. The van der Waals surface area contributed by atoms with Crippen molar-refractivity contribution in [1.82, 2.24) is 24.9 Å². The number of carbonyl (C=O) groups is 1. The number of ether oxygens (including phenoxy) is 1. The van der Waals surface area contributed by atoms with Crippen molar-refractivity contribution >= 4 is 17.5 Å². The third-order valence-electron chi connectivity index (χ3n) is 5.56. The van der Waals surface area contributed by atoms with E-state index in [1.165, 1.54) is 0 Å². The number of rotatable bonds is 5. The molecule has 1 amide bonds. The van der Waals surface area contributed by atoms with Crippen LogP contribution in [0.15, 0.2) is 23.1 Å². The van der Waals surface area contributed by atoms with E-state index in [-0.39, 0.29) is 29.1 Å². The third-order valence-corrected chi connectivity index (χ3v) is 5.93. The Morgan fingerprint density at radius 3 is 2.62 bits per heavy atom. The van der Waals surface area contributed by atoms with Crippen molar-refractivity contribution in [2.45, 2.75) is 46.8 Å². The van der Waals surface area contributed by atoms with Crippen LogP contribution in [0.4, 0.5) is 0 Å². The Morgan fingerprint density at radius 2 is 2.00 bits per heavy atom. The normalized spacial score (nSPS) is 13.6. The molecule has 32 heavy (non-hydrogen) atoms. The molecule has 2 aromatic heterocycles. The van der Waals surface area contributed by atoms with Gasteiger partial charge in [0.25, 0.3) is 11.5 Å². The molecule has 0 unspecified atom stereocenters. The number of aromatic amines is 1. The van der Waals surface area contributed by atoms with Crippen molar-refractivity contribution in [3.63, 3.8) is 0 Å². The molecular weight excluding hydrogens is 430 g/mol. The lowest BCUT2D eigenvalue weighted by molar-refractivity contribution is 0.0725. The zero-order valence-corrected chi connectivity index (χ0v) is 19.6. The van der Waals surface area contributed by atoms with Gasteiger partial charge in [-0.25, -0.2) is 0 Å². The molecule has 0 aliphatic carbocycles. The van der Waals surface area contributed by atoms with Crippen LogP contribution in [0, 0.1) is 13.8 Å². The van der Waals surface area contributed by atoms with Crippen LogP contribution in [0.3, 0.4) is 0 Å². The van der Waals surface area contributed by atoms with Gasteiger partial charge in [0.05, 0.1) is 29.4 Å². The standard InChI is InChI=1S/C23H26ClN5O3/c1-12(2)32-19-9-16(18-11-28(5)27-26-18)15-6-7-29(23(31)20(15)21(19)24)10-17-13(3)8-14(4)25-22(17)30/h8-9,11-12H,6-7,10H2,1-5H3,(H,25,30). The summed E-state index contributed by atoms with van der Waals surface area (Å²) in [7, 11) is 1.79. The van der Waals surface area contributed by atoms with Crippen molar-refractivity contribution in [2.75, 3.05) is 6.54 Å². The van der Waals surface area contributed by atoms with E-state index in [9.17, 15) is 9.59 Å². The first kappa shape index (κ1) is 22.1. The number of benzene rings is 1. The summed E-state index contributed by atoms with van der Waals surface area (Å²) in [4.78, 5) is 30.6. The summed E-state index contributed by atoms with van der Waals surface area (Å²) in [6, 6.07) is 3.75. The molecular formula is C23H26ClN5O3. The molecule has 9 heteroatoms. The van der Waals surface area contributed by atoms with E-state index in [2.05, 4.69) is 15.3 Å². The SMILES string of the molecule is Cc1cc(C)c(CN2CCc3c(-c4cn(C)nn4)cc(OC(C)C)c(Cl)c3C2=O)c(=O)[nH]1. The molecule has 0 saturated carbocycles. The highest BCUT2D eigenvalue weighted by atomic mass is 35.5. The van der Waals surface area contributed by atoms with E-state index < -0.39 is 0 Å². The number of aryl methyl sites for hydroxylation is 3. The zero-order chi connectivity index (χ0) is 23.2. The van der Waals surface area contributed by atoms with E-state index >= 15 is 0 Å². The Hall–Kier alpha value is -3.13. The molecule has 0 bridgehead atoms. The fourth-order valence-corrected chi connectivity index (χ4v) is 4.41. The third kappa shape index (κ3) is 4.02. The van der Waals surface area contributed by atoms with E-state index in [1.54, 1.807) is 22.8 Å². The van der Waals surface area contributed by atoms with E-state index in [4.69, 9.17) is 16.3 Å². The monoisotopic (exact) mass is 455 g/mol. The fourth-order valence-electron chi connectivity index (χ4n) is 4.12. The average molecular weight is 456 g/mol. The van der Waals surface area contributed by atoms with Crippen molar-refractivity contribution in [3.05, 3.63) is 61.7 Å². The van der Waals surface area contributed by atoms with Gasteiger partial charge in [0.1, 0.15) is 11.4 Å². The molecule has 0 saturated heterocycles. The molecule has 1 aliphatic heterocycles. The first-order valence-corrected chi connectivity index (χ1v) is 10.9. The topological polar surface area (TPSA) is 93.1 Å². The number of H-pyrrole nitrogens is 1. The van der Waals surface area contributed by atoms with Gasteiger partial charge >= 0.3 is 0 Å². The van der Waals surface area contributed by atoms with Gasteiger partial charge in [-0.1, -0.05) is 16.8 Å². The van der Waals surface area contributed by atoms with Gasteiger partial charge in [0.2, 0.25) is 0 Å². The molecule has 0 atom stereocenters. The van der Waals surface area contributed by atoms with Crippen molar-refractivity contribution in [3.8, 4) is 17.0 Å². The van der Waals surface area contributed by atoms with Crippen LogP contribution in [-0.4, -0.2) is 43.4 Å². The fraction of sp³-hybridized carbons (Fsp3) is 0.391. The molecule has 168 valence electrons. The van der Waals surface area contributed by atoms with Gasteiger partial charge in [-0.15, -0.1) is 5.10 Å². The summed E-state index contributed by atoms with van der Waals surface area (Å²) < 4.78 is 7.53. The van der Waals surface area contributed by atoms with Crippen LogP contribution < -0.4 is 10.3 Å². The van der Waals surface area contributed by atoms with Crippen LogP contribution in [0.2, 0.25) is 5.02 Å². The highest BCUT2D eigenvalue weighted by Gasteiger charge is 2.32. The van der Waals surface area contributed by atoms with Crippen LogP contribution in [0.5, 0.6) is 5.75 Å². The maximum atomic E-state index is 13.6. The maximum Gasteiger partial charge on any atom is 0.256 e. The molecule has 1 aliphatic rings. The lowest BCUT2D eigenvalue weighted by atomic mass is 9.91. The highest BCUT2D eigenvalue weighted by molar-refractivity contribution is 6.35. The molecule has 1 N–H and O–H groups in total. The molecule has 0 radical (unpaired) electrons. The smallest absolute Gasteiger partial charge is 0.256 e. The zero-order valence-electron chi connectivity index (χ0n) is 18.8. The summed E-state index contributed by atoms with van der Waals surface area (Å²) in [5.74, 6) is 0.204. The molecule has 3 heterocycles. The summed E-state index contributed by atoms with van der Waals surface area (Å²) in [5.41, 5.74) is 4.70. The van der Waals surface area contributed by atoms with Crippen LogP contribution in [0.1, 0.15) is 46.6 Å². The predicted octanol–water partition coefficient (Wildman–Crippen LogP) is 3.43. The average Bonchev–Trinajstić information content (AvgIpc) is 3.13. The highest BCUT2D eigenvalue weighted by Crippen LogP contribution is 2.41. The molecule has 8 nitrogen and oxygen atoms in total. The number of amides is 1. The van der Waals surface area contributed by atoms with Crippen molar-refractivity contribution in [2.24, 2.45) is 7.05 Å². The lowest BCUT2D eigenvalue weighted by Crippen LogP contribution is -2.39. The lowest BCUT2D eigenvalue weighted by Gasteiger charge is -2.31. The number of pyridine rings is 1. The Balaban J connectivity index is 1.80. The molecule has 0 fully saturated rings. The number of nitrogens with one attached hydrogen (secondary N) is 1. The van der Waals surface area contributed by atoms with Crippen LogP contribution in [0.25, 0.3) is 11.3 Å². The maximum absolute atomic E-state index is 13.6. The van der Waals surface area contributed by atoms with Gasteiger partial charge < -0.3 is 14.6 Å². The summed E-state index contributed by atoms with van der Waals surface area (Å²) in [6.07, 6.45) is 2.26. The second-order valence-electron chi connectivity index (χ2n) is 8.45. The number of halogens is 1. The van der Waals surface area contributed by atoms with Gasteiger partial charge in [0.15, 0.2) is 0 Å². The van der Waals surface area contributed by atoms with Crippen molar-refractivity contribution < 1.29 is 9.53 Å². The number of hydrogen-bond acceptors (Lipinski definition) is 5. The first-order chi connectivity index (χ1) is 15.2. The number of aromatic nitrogens is 4. The van der Waals surface area contributed by atoms with Gasteiger partial charge in [-0.05, 0) is 57.4 Å². The molecule has 1 aromatic carbocycles. The largest absolute Gasteiger partial charge is 0.489 e. The van der Waals surface area contributed by atoms with Gasteiger partial charge in [-0.2, -0.15) is 0 Å². The second kappa shape index (κ2) is 8.43. The minimum atomic E-state index is -0.227. The second-order valence-corrected chi connectivity index (χ2v) is 8.83.